The number of carboxylic acid groups (broad SMARTS) is 1. The molecule has 26 heavy (non-hydrogen) atoms. The summed E-state index contributed by atoms with van der Waals surface area (Å²) in [6.07, 6.45) is -1.47. The molecule has 0 aromatic heterocycles. The number of halogens is 1. The number of carbonyl (C=O) groups is 3. The van der Waals surface area contributed by atoms with E-state index < -0.39 is 12.0 Å². The summed E-state index contributed by atoms with van der Waals surface area (Å²) >= 11 is 0. The predicted octanol–water partition coefficient (Wildman–Crippen LogP) is 2.19. The molecule has 7 nitrogen and oxygen atoms in total. The molecule has 0 radical (unpaired) electrons. The second kappa shape index (κ2) is 7.22. The lowest BCUT2D eigenvalue weighted by Gasteiger charge is -2.14. The van der Waals surface area contributed by atoms with Gasteiger partial charge in [-0.05, 0) is 18.2 Å². The monoisotopic (exact) mass is 357 g/mol. The second-order valence-corrected chi connectivity index (χ2v) is 5.79. The van der Waals surface area contributed by atoms with E-state index in [9.17, 15) is 18.8 Å². The van der Waals surface area contributed by atoms with Gasteiger partial charge in [0.25, 0.3) is 5.91 Å². The van der Waals surface area contributed by atoms with Crippen LogP contribution in [0.4, 0.5) is 14.9 Å². The molecular formula is C18H16FN3O4. The molecule has 0 aliphatic carbocycles. The lowest BCUT2D eigenvalue weighted by Crippen LogP contribution is -2.39. The first-order chi connectivity index (χ1) is 12.5. The van der Waals surface area contributed by atoms with Crippen LogP contribution in [-0.2, 0) is 17.9 Å². The zero-order chi connectivity index (χ0) is 18.7. The lowest BCUT2D eigenvalue weighted by atomic mass is 10.1. The maximum atomic E-state index is 13.7. The van der Waals surface area contributed by atoms with Gasteiger partial charge in [-0.25, -0.2) is 9.18 Å². The Balaban J connectivity index is 1.73. The van der Waals surface area contributed by atoms with Crippen molar-refractivity contribution >= 4 is 23.6 Å². The van der Waals surface area contributed by atoms with Crippen molar-refractivity contribution in [2.45, 2.75) is 13.1 Å². The number of hydrogen-bond acceptors (Lipinski definition) is 4. The third-order valence-electron chi connectivity index (χ3n) is 4.05. The molecule has 3 amide bonds. The van der Waals surface area contributed by atoms with Gasteiger partial charge in [-0.3, -0.25) is 14.9 Å². The summed E-state index contributed by atoms with van der Waals surface area (Å²) in [6, 6.07) is 11.5. The van der Waals surface area contributed by atoms with Crippen LogP contribution in [-0.4, -0.2) is 34.5 Å². The van der Waals surface area contributed by atoms with E-state index in [1.54, 1.807) is 41.7 Å². The Morgan fingerprint density at radius 1 is 1.15 bits per heavy atom. The normalized spacial score (nSPS) is 12.7. The van der Waals surface area contributed by atoms with E-state index in [2.05, 4.69) is 5.32 Å². The molecule has 1 heterocycles. The van der Waals surface area contributed by atoms with Crippen LogP contribution in [0.3, 0.4) is 0 Å². The number of hydrogen-bond donors (Lipinski definition) is 3. The molecule has 2 aromatic carbocycles. The quantitative estimate of drug-likeness (QED) is 0.762. The van der Waals surface area contributed by atoms with Crippen molar-refractivity contribution in [2.75, 3.05) is 11.9 Å². The van der Waals surface area contributed by atoms with Gasteiger partial charge in [0.2, 0.25) is 5.91 Å². The van der Waals surface area contributed by atoms with Crippen LogP contribution in [0.1, 0.15) is 21.5 Å². The van der Waals surface area contributed by atoms with E-state index in [-0.39, 0.29) is 31.4 Å². The highest BCUT2D eigenvalue weighted by Crippen LogP contribution is 2.29. The Kier molecular flexibility index (Phi) is 4.83. The molecule has 134 valence electrons. The molecule has 0 saturated carbocycles. The first kappa shape index (κ1) is 17.4. The molecule has 1 aliphatic heterocycles. The number of carbonyl (C=O) groups excluding carboxylic acids is 2. The largest absolute Gasteiger partial charge is 0.465 e. The number of anilines is 1. The highest BCUT2D eigenvalue weighted by atomic mass is 19.1. The molecule has 0 atom stereocenters. The number of nitrogens with zero attached hydrogens (tertiary/aromatic N) is 1. The summed E-state index contributed by atoms with van der Waals surface area (Å²) in [5.74, 6) is -1.45. The average molecular weight is 357 g/mol. The molecule has 0 unspecified atom stereocenters. The molecule has 3 rings (SSSR count). The van der Waals surface area contributed by atoms with Gasteiger partial charge in [-0.1, -0.05) is 24.3 Å². The first-order valence-corrected chi connectivity index (χ1v) is 7.87. The number of rotatable bonds is 5. The van der Waals surface area contributed by atoms with E-state index in [1.807, 2.05) is 0 Å². The maximum Gasteiger partial charge on any atom is 0.411 e. The van der Waals surface area contributed by atoms with Crippen LogP contribution in [0.5, 0.6) is 0 Å². The Morgan fingerprint density at radius 3 is 2.65 bits per heavy atom. The van der Waals surface area contributed by atoms with Crippen LogP contribution >= 0.6 is 0 Å². The van der Waals surface area contributed by atoms with Gasteiger partial charge in [-0.15, -0.1) is 0 Å². The predicted molar refractivity (Wildman–Crippen MR) is 91.1 cm³/mol. The third-order valence-corrected chi connectivity index (χ3v) is 4.05. The first-order valence-electron chi connectivity index (χ1n) is 7.87. The molecule has 2 aromatic rings. The van der Waals surface area contributed by atoms with Gasteiger partial charge in [0.05, 0.1) is 0 Å². The van der Waals surface area contributed by atoms with Crippen molar-refractivity contribution < 1.29 is 23.9 Å². The molecule has 1 aliphatic rings. The van der Waals surface area contributed by atoms with Gasteiger partial charge in [0.15, 0.2) is 0 Å². The maximum absolute atomic E-state index is 13.7. The second-order valence-electron chi connectivity index (χ2n) is 5.79. The minimum Gasteiger partial charge on any atom is -0.465 e. The fourth-order valence-electron chi connectivity index (χ4n) is 2.85. The van der Waals surface area contributed by atoms with E-state index in [1.165, 1.54) is 11.0 Å². The van der Waals surface area contributed by atoms with Crippen molar-refractivity contribution in [2.24, 2.45) is 0 Å². The SMILES string of the molecule is O=C(O)NC(=O)CN1Cc2c(NCc3ccccc3F)cccc2C1=O. The van der Waals surface area contributed by atoms with Crippen LogP contribution in [0.25, 0.3) is 0 Å². The summed E-state index contributed by atoms with van der Waals surface area (Å²) in [5, 5.41) is 13.4. The van der Waals surface area contributed by atoms with Crippen molar-refractivity contribution in [3.63, 3.8) is 0 Å². The third kappa shape index (κ3) is 3.64. The summed E-state index contributed by atoms with van der Waals surface area (Å²) in [6.45, 7) is 0.0606. The number of nitrogens with one attached hydrogen (secondary N) is 2. The lowest BCUT2D eigenvalue weighted by molar-refractivity contribution is -0.121. The number of amides is 3. The number of benzene rings is 2. The van der Waals surface area contributed by atoms with E-state index >= 15 is 0 Å². The topological polar surface area (TPSA) is 98.7 Å². The smallest absolute Gasteiger partial charge is 0.411 e. The summed E-state index contributed by atoms with van der Waals surface area (Å²) in [7, 11) is 0. The van der Waals surface area contributed by atoms with E-state index in [4.69, 9.17) is 5.11 Å². The van der Waals surface area contributed by atoms with E-state index in [0.717, 1.165) is 0 Å². The van der Waals surface area contributed by atoms with Gasteiger partial charge < -0.3 is 15.3 Å². The van der Waals surface area contributed by atoms with Crippen LogP contribution in [0.2, 0.25) is 0 Å². The Morgan fingerprint density at radius 2 is 1.92 bits per heavy atom. The number of fused-ring (bicyclic) bond motifs is 1. The Bertz CT molecular complexity index is 884. The van der Waals surface area contributed by atoms with Crippen LogP contribution < -0.4 is 10.6 Å². The molecule has 0 fully saturated rings. The van der Waals surface area contributed by atoms with Gasteiger partial charge in [-0.2, -0.15) is 0 Å². The molecule has 0 bridgehead atoms. The van der Waals surface area contributed by atoms with Gasteiger partial charge >= 0.3 is 6.09 Å². The fourth-order valence-corrected chi connectivity index (χ4v) is 2.85. The van der Waals surface area contributed by atoms with Gasteiger partial charge in [0, 0.05) is 35.5 Å². The summed E-state index contributed by atoms with van der Waals surface area (Å²) in [5.41, 5.74) is 2.29. The zero-order valence-corrected chi connectivity index (χ0v) is 13.7. The van der Waals surface area contributed by atoms with Crippen molar-refractivity contribution in [3.8, 4) is 0 Å². The average Bonchev–Trinajstić information content (AvgIpc) is 2.90. The Labute approximate surface area is 148 Å². The van der Waals surface area contributed by atoms with Crippen molar-refractivity contribution in [3.05, 3.63) is 65.0 Å². The molecular weight excluding hydrogens is 341 g/mol. The van der Waals surface area contributed by atoms with Crippen LogP contribution in [0, 0.1) is 5.82 Å². The number of imide groups is 1. The summed E-state index contributed by atoms with van der Waals surface area (Å²) in [4.78, 5) is 35.8. The highest BCUT2D eigenvalue weighted by molar-refractivity contribution is 6.02. The van der Waals surface area contributed by atoms with Crippen LogP contribution in [0.15, 0.2) is 42.5 Å². The van der Waals surface area contributed by atoms with E-state index in [0.29, 0.717) is 22.4 Å². The molecule has 0 spiro atoms. The standard InChI is InChI=1S/C18H16FN3O4/c19-14-6-2-1-4-11(14)8-20-15-7-3-5-12-13(15)9-22(17(12)24)10-16(23)21-18(25)26/h1-7,20H,8-10H2,(H,21,23)(H,25,26). The fraction of sp³-hybridized carbons (Fsp3) is 0.167. The van der Waals surface area contributed by atoms with Gasteiger partial charge in [0.1, 0.15) is 12.4 Å². The zero-order valence-electron chi connectivity index (χ0n) is 13.7. The molecule has 3 N–H and O–H groups in total. The highest BCUT2D eigenvalue weighted by Gasteiger charge is 2.30. The minimum absolute atomic E-state index is 0.168. The van der Waals surface area contributed by atoms with Crippen molar-refractivity contribution in [1.82, 2.24) is 10.2 Å². The molecule has 8 heteroatoms. The summed E-state index contributed by atoms with van der Waals surface area (Å²) < 4.78 is 13.7. The van der Waals surface area contributed by atoms with Crippen molar-refractivity contribution in [1.29, 1.82) is 0 Å². The minimum atomic E-state index is -1.47. The Hall–Kier alpha value is -3.42. The molecule has 0 saturated heterocycles.